The van der Waals surface area contributed by atoms with Gasteiger partial charge in [-0.3, -0.25) is 4.99 Å². The molecule has 1 unspecified atom stereocenters. The number of para-hydroxylation sites is 1. The molecule has 0 saturated carbocycles. The van der Waals surface area contributed by atoms with E-state index in [0.717, 1.165) is 16.9 Å². The smallest absolute Gasteiger partial charge is 0.128 e. The SMILES string of the molecule is CCOc1ccccc1C=NC(C)c1ccc(Cl)c(Cl)c1Cl. The molecule has 2 rings (SSSR count). The highest BCUT2D eigenvalue weighted by Crippen LogP contribution is 2.36. The van der Waals surface area contributed by atoms with Crippen LogP contribution in [0.25, 0.3) is 0 Å². The van der Waals surface area contributed by atoms with E-state index < -0.39 is 0 Å². The zero-order valence-electron chi connectivity index (χ0n) is 12.3. The number of benzene rings is 2. The fourth-order valence-electron chi connectivity index (χ4n) is 2.01. The van der Waals surface area contributed by atoms with E-state index in [-0.39, 0.29) is 6.04 Å². The van der Waals surface area contributed by atoms with Gasteiger partial charge in [0, 0.05) is 11.8 Å². The Labute approximate surface area is 145 Å². The van der Waals surface area contributed by atoms with Crippen molar-refractivity contribution >= 4 is 41.0 Å². The summed E-state index contributed by atoms with van der Waals surface area (Å²) >= 11 is 18.3. The van der Waals surface area contributed by atoms with Crippen molar-refractivity contribution in [1.29, 1.82) is 0 Å². The summed E-state index contributed by atoms with van der Waals surface area (Å²) in [6.45, 7) is 4.51. The minimum Gasteiger partial charge on any atom is -0.493 e. The molecule has 0 spiro atoms. The van der Waals surface area contributed by atoms with Crippen LogP contribution in [0.4, 0.5) is 0 Å². The summed E-state index contributed by atoms with van der Waals surface area (Å²) in [6, 6.07) is 11.2. The predicted octanol–water partition coefficient (Wildman–Crippen LogP) is 6.23. The van der Waals surface area contributed by atoms with E-state index in [4.69, 9.17) is 39.5 Å². The van der Waals surface area contributed by atoms with Crippen molar-refractivity contribution < 1.29 is 4.74 Å². The summed E-state index contributed by atoms with van der Waals surface area (Å²) in [6.07, 6.45) is 1.79. The first-order valence-corrected chi connectivity index (χ1v) is 8.06. The van der Waals surface area contributed by atoms with E-state index in [1.165, 1.54) is 0 Å². The lowest BCUT2D eigenvalue weighted by atomic mass is 10.1. The van der Waals surface area contributed by atoms with Gasteiger partial charge in [-0.1, -0.05) is 53.0 Å². The van der Waals surface area contributed by atoms with Crippen LogP contribution >= 0.6 is 34.8 Å². The van der Waals surface area contributed by atoms with Gasteiger partial charge in [0.1, 0.15) is 5.75 Å². The van der Waals surface area contributed by atoms with Gasteiger partial charge in [-0.25, -0.2) is 0 Å². The Morgan fingerprint density at radius 3 is 2.55 bits per heavy atom. The Hall–Kier alpha value is -1.22. The fraction of sp³-hybridized carbons (Fsp3) is 0.235. The molecule has 5 heteroatoms. The summed E-state index contributed by atoms with van der Waals surface area (Å²) in [5.74, 6) is 0.807. The average molecular weight is 357 g/mol. The van der Waals surface area contributed by atoms with Gasteiger partial charge in [0.25, 0.3) is 0 Å². The van der Waals surface area contributed by atoms with E-state index >= 15 is 0 Å². The summed E-state index contributed by atoms with van der Waals surface area (Å²) in [5, 5.41) is 1.24. The van der Waals surface area contributed by atoms with Crippen LogP contribution in [-0.4, -0.2) is 12.8 Å². The molecule has 1 atom stereocenters. The third kappa shape index (κ3) is 3.95. The van der Waals surface area contributed by atoms with E-state index in [1.807, 2.05) is 44.2 Å². The van der Waals surface area contributed by atoms with Crippen LogP contribution in [0.15, 0.2) is 41.4 Å². The summed E-state index contributed by atoms with van der Waals surface area (Å²) in [5.41, 5.74) is 1.76. The molecule has 2 nitrogen and oxygen atoms in total. The van der Waals surface area contributed by atoms with Crippen molar-refractivity contribution in [3.63, 3.8) is 0 Å². The quantitative estimate of drug-likeness (QED) is 0.460. The van der Waals surface area contributed by atoms with Gasteiger partial charge in [-0.05, 0) is 37.6 Å². The molecule has 0 N–H and O–H groups in total. The van der Waals surface area contributed by atoms with E-state index in [1.54, 1.807) is 12.3 Å². The molecule has 0 fully saturated rings. The Morgan fingerprint density at radius 2 is 1.82 bits per heavy atom. The summed E-state index contributed by atoms with van der Waals surface area (Å²) in [7, 11) is 0. The van der Waals surface area contributed by atoms with Gasteiger partial charge >= 0.3 is 0 Å². The van der Waals surface area contributed by atoms with E-state index in [9.17, 15) is 0 Å². The van der Waals surface area contributed by atoms with Crippen molar-refractivity contribution in [2.45, 2.75) is 19.9 Å². The van der Waals surface area contributed by atoms with Crippen LogP contribution < -0.4 is 4.74 Å². The zero-order valence-corrected chi connectivity index (χ0v) is 14.6. The molecule has 2 aromatic rings. The Balaban J connectivity index is 2.25. The van der Waals surface area contributed by atoms with Crippen LogP contribution in [0.3, 0.4) is 0 Å². The first-order chi connectivity index (χ1) is 10.5. The number of hydrogen-bond acceptors (Lipinski definition) is 2. The average Bonchev–Trinajstić information content (AvgIpc) is 2.52. The highest BCUT2D eigenvalue weighted by molar-refractivity contribution is 6.48. The molecule has 0 bridgehead atoms. The Morgan fingerprint density at radius 1 is 1.09 bits per heavy atom. The number of hydrogen-bond donors (Lipinski definition) is 0. The maximum Gasteiger partial charge on any atom is 0.128 e. The molecular formula is C17H16Cl3NO. The maximum absolute atomic E-state index is 6.24. The van der Waals surface area contributed by atoms with Crippen LogP contribution in [-0.2, 0) is 0 Å². The number of halogens is 3. The van der Waals surface area contributed by atoms with E-state index in [2.05, 4.69) is 4.99 Å². The number of ether oxygens (including phenoxy) is 1. The molecule has 2 aromatic carbocycles. The number of rotatable bonds is 5. The van der Waals surface area contributed by atoms with Crippen molar-refractivity contribution in [1.82, 2.24) is 0 Å². The number of nitrogens with zero attached hydrogens (tertiary/aromatic N) is 1. The van der Waals surface area contributed by atoms with Crippen molar-refractivity contribution in [2.24, 2.45) is 4.99 Å². The first kappa shape index (κ1) is 17.1. The molecule has 0 aliphatic carbocycles. The van der Waals surface area contributed by atoms with Crippen LogP contribution in [0.2, 0.25) is 15.1 Å². The van der Waals surface area contributed by atoms with Gasteiger partial charge in [0.2, 0.25) is 0 Å². The van der Waals surface area contributed by atoms with Crippen LogP contribution in [0.5, 0.6) is 5.75 Å². The van der Waals surface area contributed by atoms with Crippen molar-refractivity contribution in [3.05, 3.63) is 62.6 Å². The minimum atomic E-state index is -0.142. The minimum absolute atomic E-state index is 0.142. The lowest BCUT2D eigenvalue weighted by Gasteiger charge is -2.12. The van der Waals surface area contributed by atoms with Gasteiger partial charge < -0.3 is 4.74 Å². The van der Waals surface area contributed by atoms with Crippen LogP contribution in [0.1, 0.15) is 31.0 Å². The highest BCUT2D eigenvalue weighted by atomic mass is 35.5. The topological polar surface area (TPSA) is 21.6 Å². The second-order valence-corrected chi connectivity index (χ2v) is 5.85. The van der Waals surface area contributed by atoms with Crippen LogP contribution in [0, 0.1) is 0 Å². The molecule has 0 heterocycles. The van der Waals surface area contributed by atoms with Gasteiger partial charge in [-0.2, -0.15) is 0 Å². The first-order valence-electron chi connectivity index (χ1n) is 6.93. The van der Waals surface area contributed by atoms with Gasteiger partial charge in [-0.15, -0.1) is 0 Å². The standard InChI is InChI=1S/C17H16Cl3NO/c1-3-22-15-7-5-4-6-12(15)10-21-11(2)13-8-9-14(18)17(20)16(13)19/h4-11H,3H2,1-2H3. The van der Waals surface area contributed by atoms with Crippen molar-refractivity contribution in [3.8, 4) is 5.75 Å². The Kier molecular flexibility index (Phi) is 6.13. The lowest BCUT2D eigenvalue weighted by molar-refractivity contribution is 0.340. The summed E-state index contributed by atoms with van der Waals surface area (Å²) < 4.78 is 5.58. The molecule has 22 heavy (non-hydrogen) atoms. The monoisotopic (exact) mass is 355 g/mol. The van der Waals surface area contributed by atoms with Gasteiger partial charge in [0.05, 0.1) is 27.7 Å². The molecular weight excluding hydrogens is 341 g/mol. The van der Waals surface area contributed by atoms with Crippen molar-refractivity contribution in [2.75, 3.05) is 6.61 Å². The lowest BCUT2D eigenvalue weighted by Crippen LogP contribution is -1.97. The maximum atomic E-state index is 6.24. The largest absolute Gasteiger partial charge is 0.493 e. The molecule has 0 aromatic heterocycles. The fourth-order valence-corrected chi connectivity index (χ4v) is 2.71. The Bertz CT molecular complexity index is 686. The van der Waals surface area contributed by atoms with Gasteiger partial charge in [0.15, 0.2) is 0 Å². The second-order valence-electron chi connectivity index (χ2n) is 4.69. The molecule has 0 radical (unpaired) electrons. The second kappa shape index (κ2) is 7.87. The summed E-state index contributed by atoms with van der Waals surface area (Å²) in [4.78, 5) is 4.55. The van der Waals surface area contributed by atoms with E-state index in [0.29, 0.717) is 21.7 Å². The molecule has 0 amide bonds. The molecule has 116 valence electrons. The molecule has 0 aliphatic heterocycles. The number of aliphatic imine (C=N–C) groups is 1. The third-order valence-corrected chi connectivity index (χ3v) is 4.48. The highest BCUT2D eigenvalue weighted by Gasteiger charge is 2.13. The predicted molar refractivity (Wildman–Crippen MR) is 95.1 cm³/mol. The zero-order chi connectivity index (χ0) is 16.1. The molecule has 0 aliphatic rings. The molecule has 0 saturated heterocycles. The normalized spacial score (nSPS) is 12.6. The third-order valence-electron chi connectivity index (χ3n) is 3.17.